The van der Waals surface area contributed by atoms with Crippen molar-refractivity contribution in [3.05, 3.63) is 77.9 Å². The molecule has 0 radical (unpaired) electrons. The number of hydrogen-bond acceptors (Lipinski definition) is 6. The number of carbonyl (C=O) groups is 3. The summed E-state index contributed by atoms with van der Waals surface area (Å²) in [5, 5.41) is 11.4. The Kier molecular flexibility index (Phi) is 6.03. The summed E-state index contributed by atoms with van der Waals surface area (Å²) in [4.78, 5) is 43.0. The zero-order chi connectivity index (χ0) is 23.4. The number of H-pyrrole nitrogens is 1. The first-order chi connectivity index (χ1) is 15.9. The second-order valence-corrected chi connectivity index (χ2v) is 7.05. The van der Waals surface area contributed by atoms with Gasteiger partial charge in [0.05, 0.1) is 29.3 Å². The SMILES string of the molecule is COc1ccc(-c2nc3ccc(C(=O)OCC(=O)Nc4ccc(C(=O)O)cc4)cc3[nH]2)cc1. The smallest absolute Gasteiger partial charge is 0.338 e. The van der Waals surface area contributed by atoms with E-state index in [1.165, 1.54) is 24.3 Å². The van der Waals surface area contributed by atoms with Gasteiger partial charge in [-0.15, -0.1) is 0 Å². The number of nitrogens with one attached hydrogen (secondary N) is 2. The largest absolute Gasteiger partial charge is 0.497 e. The summed E-state index contributed by atoms with van der Waals surface area (Å²) >= 11 is 0. The standard InChI is InChI=1S/C24H19N3O6/c1-32-18-9-4-14(5-10-18)22-26-19-11-6-16(12-20(19)27-22)24(31)33-13-21(28)25-17-7-2-15(3-8-17)23(29)30/h2-12H,13H2,1H3,(H,25,28)(H,26,27)(H,29,30). The molecule has 0 saturated heterocycles. The highest BCUT2D eigenvalue weighted by Gasteiger charge is 2.13. The minimum atomic E-state index is -1.06. The summed E-state index contributed by atoms with van der Waals surface area (Å²) in [6.45, 7) is -0.488. The lowest BCUT2D eigenvalue weighted by atomic mass is 10.2. The summed E-state index contributed by atoms with van der Waals surface area (Å²) in [6.07, 6.45) is 0. The molecule has 0 spiro atoms. The van der Waals surface area contributed by atoms with Crippen LogP contribution in [0.25, 0.3) is 22.4 Å². The van der Waals surface area contributed by atoms with Crippen LogP contribution < -0.4 is 10.1 Å². The molecule has 0 unspecified atom stereocenters. The average molecular weight is 445 g/mol. The van der Waals surface area contributed by atoms with Gasteiger partial charge in [0.2, 0.25) is 0 Å². The maximum Gasteiger partial charge on any atom is 0.338 e. The number of nitrogens with zero attached hydrogens (tertiary/aromatic N) is 1. The molecule has 0 bridgehead atoms. The van der Waals surface area contributed by atoms with Gasteiger partial charge < -0.3 is 24.9 Å². The number of esters is 1. The van der Waals surface area contributed by atoms with Crippen molar-refractivity contribution in [2.24, 2.45) is 0 Å². The Labute approximate surface area is 188 Å². The monoisotopic (exact) mass is 445 g/mol. The number of methoxy groups -OCH3 is 1. The Morgan fingerprint density at radius 1 is 0.970 bits per heavy atom. The molecule has 0 saturated carbocycles. The molecule has 3 N–H and O–H groups in total. The number of benzene rings is 3. The highest BCUT2D eigenvalue weighted by atomic mass is 16.5. The third kappa shape index (κ3) is 4.99. The maximum atomic E-state index is 12.4. The van der Waals surface area contributed by atoms with Crippen LogP contribution >= 0.6 is 0 Å². The lowest BCUT2D eigenvalue weighted by molar-refractivity contribution is -0.119. The minimum Gasteiger partial charge on any atom is -0.497 e. The number of amides is 1. The first-order valence-corrected chi connectivity index (χ1v) is 9.87. The quantitative estimate of drug-likeness (QED) is 0.369. The molecule has 0 aliphatic heterocycles. The van der Waals surface area contributed by atoms with E-state index in [9.17, 15) is 14.4 Å². The van der Waals surface area contributed by atoms with Gasteiger partial charge in [0.15, 0.2) is 6.61 Å². The van der Waals surface area contributed by atoms with E-state index in [4.69, 9.17) is 14.6 Å². The van der Waals surface area contributed by atoms with Crippen molar-refractivity contribution in [3.63, 3.8) is 0 Å². The van der Waals surface area contributed by atoms with Gasteiger partial charge in [-0.05, 0) is 66.7 Å². The van der Waals surface area contributed by atoms with E-state index in [1.54, 1.807) is 25.3 Å². The van der Waals surface area contributed by atoms with Crippen molar-refractivity contribution in [3.8, 4) is 17.1 Å². The van der Waals surface area contributed by atoms with Gasteiger partial charge in [-0.2, -0.15) is 0 Å². The molecule has 0 fully saturated rings. The van der Waals surface area contributed by atoms with E-state index in [0.717, 1.165) is 11.3 Å². The summed E-state index contributed by atoms with van der Waals surface area (Å²) in [6, 6.07) is 17.9. The predicted octanol–water partition coefficient (Wildman–Crippen LogP) is 3.73. The predicted molar refractivity (Wildman–Crippen MR) is 120 cm³/mol. The van der Waals surface area contributed by atoms with Crippen LogP contribution in [0, 0.1) is 0 Å². The van der Waals surface area contributed by atoms with E-state index in [2.05, 4.69) is 15.3 Å². The summed E-state index contributed by atoms with van der Waals surface area (Å²) in [5.74, 6) is -0.885. The molecular weight excluding hydrogens is 426 g/mol. The van der Waals surface area contributed by atoms with Crippen LogP contribution in [0.2, 0.25) is 0 Å². The van der Waals surface area contributed by atoms with Crippen LogP contribution in [0.1, 0.15) is 20.7 Å². The number of imidazole rings is 1. The fraction of sp³-hybridized carbons (Fsp3) is 0.0833. The highest BCUT2D eigenvalue weighted by molar-refractivity contribution is 5.97. The molecular formula is C24H19N3O6. The lowest BCUT2D eigenvalue weighted by Gasteiger charge is -2.07. The molecule has 4 aromatic rings. The van der Waals surface area contributed by atoms with Crippen LogP contribution in [-0.2, 0) is 9.53 Å². The summed E-state index contributed by atoms with van der Waals surface area (Å²) < 4.78 is 10.3. The Hall–Kier alpha value is -4.66. The Morgan fingerprint density at radius 3 is 2.33 bits per heavy atom. The fourth-order valence-electron chi connectivity index (χ4n) is 3.13. The molecule has 4 rings (SSSR count). The zero-order valence-corrected chi connectivity index (χ0v) is 17.5. The van der Waals surface area contributed by atoms with Crippen molar-refractivity contribution < 1.29 is 29.0 Å². The number of hydrogen-bond donors (Lipinski definition) is 3. The number of carbonyl (C=O) groups excluding carboxylic acids is 2. The maximum absolute atomic E-state index is 12.4. The van der Waals surface area contributed by atoms with Gasteiger partial charge in [0.1, 0.15) is 11.6 Å². The highest BCUT2D eigenvalue weighted by Crippen LogP contribution is 2.23. The van der Waals surface area contributed by atoms with Gasteiger partial charge in [0.25, 0.3) is 5.91 Å². The zero-order valence-electron chi connectivity index (χ0n) is 17.5. The number of fused-ring (bicyclic) bond motifs is 1. The number of carboxylic acids is 1. The van der Waals surface area contributed by atoms with E-state index in [1.807, 2.05) is 24.3 Å². The third-order valence-corrected chi connectivity index (χ3v) is 4.83. The Balaban J connectivity index is 1.39. The number of aromatic nitrogens is 2. The first-order valence-electron chi connectivity index (χ1n) is 9.87. The molecule has 9 heteroatoms. The second kappa shape index (κ2) is 9.23. The topological polar surface area (TPSA) is 131 Å². The molecule has 1 heterocycles. The Morgan fingerprint density at radius 2 is 1.67 bits per heavy atom. The molecule has 1 amide bonds. The van der Waals surface area contributed by atoms with Gasteiger partial charge in [-0.25, -0.2) is 14.6 Å². The number of ether oxygens (including phenoxy) is 2. The minimum absolute atomic E-state index is 0.101. The van der Waals surface area contributed by atoms with Gasteiger partial charge in [-0.1, -0.05) is 0 Å². The molecule has 1 aromatic heterocycles. The van der Waals surface area contributed by atoms with Crippen LogP contribution in [0.4, 0.5) is 5.69 Å². The van der Waals surface area contributed by atoms with Gasteiger partial charge >= 0.3 is 11.9 Å². The normalized spacial score (nSPS) is 10.6. The molecule has 166 valence electrons. The second-order valence-electron chi connectivity index (χ2n) is 7.05. The lowest BCUT2D eigenvalue weighted by Crippen LogP contribution is -2.21. The number of aromatic carboxylic acids is 1. The van der Waals surface area contributed by atoms with E-state index in [-0.39, 0.29) is 11.1 Å². The van der Waals surface area contributed by atoms with Crippen molar-refractivity contribution in [1.29, 1.82) is 0 Å². The van der Waals surface area contributed by atoms with E-state index in [0.29, 0.717) is 22.5 Å². The van der Waals surface area contributed by atoms with Gasteiger partial charge in [-0.3, -0.25) is 4.79 Å². The molecule has 0 aliphatic carbocycles. The van der Waals surface area contributed by atoms with Crippen molar-refractivity contribution in [2.45, 2.75) is 0 Å². The molecule has 33 heavy (non-hydrogen) atoms. The van der Waals surface area contributed by atoms with Crippen molar-refractivity contribution in [2.75, 3.05) is 19.0 Å². The van der Waals surface area contributed by atoms with Crippen LogP contribution in [0.15, 0.2) is 66.7 Å². The van der Waals surface area contributed by atoms with Crippen molar-refractivity contribution >= 4 is 34.6 Å². The van der Waals surface area contributed by atoms with Crippen molar-refractivity contribution in [1.82, 2.24) is 9.97 Å². The Bertz CT molecular complexity index is 1330. The van der Waals surface area contributed by atoms with Crippen LogP contribution in [0.5, 0.6) is 5.75 Å². The first kappa shape index (κ1) is 21.6. The summed E-state index contributed by atoms with van der Waals surface area (Å²) in [7, 11) is 1.60. The number of anilines is 1. The average Bonchev–Trinajstić information content (AvgIpc) is 3.26. The molecule has 3 aromatic carbocycles. The van der Waals surface area contributed by atoms with Crippen LogP contribution in [0.3, 0.4) is 0 Å². The van der Waals surface area contributed by atoms with E-state index >= 15 is 0 Å². The fourth-order valence-corrected chi connectivity index (χ4v) is 3.13. The number of rotatable bonds is 7. The molecule has 9 nitrogen and oxygen atoms in total. The number of aromatic amines is 1. The third-order valence-electron chi connectivity index (χ3n) is 4.83. The van der Waals surface area contributed by atoms with Crippen LogP contribution in [-0.4, -0.2) is 46.6 Å². The summed E-state index contributed by atoms with van der Waals surface area (Å²) in [5.41, 5.74) is 2.96. The molecule has 0 atom stereocenters. The van der Waals surface area contributed by atoms with E-state index < -0.39 is 24.5 Å². The number of carboxylic acid groups (broad SMARTS) is 1. The molecule has 0 aliphatic rings. The van der Waals surface area contributed by atoms with Gasteiger partial charge in [0, 0.05) is 11.3 Å².